The van der Waals surface area contributed by atoms with Gasteiger partial charge >= 0.3 is 11.9 Å². The van der Waals surface area contributed by atoms with E-state index in [2.05, 4.69) is 15.9 Å². The van der Waals surface area contributed by atoms with E-state index in [4.69, 9.17) is 23.7 Å². The van der Waals surface area contributed by atoms with Crippen molar-refractivity contribution < 1.29 is 33.3 Å². The number of methoxy groups -OCH3 is 2. The second kappa shape index (κ2) is 10.6. The topological polar surface area (TPSA) is 80.3 Å². The first kappa shape index (κ1) is 22.3. The largest absolute Gasteiger partial charge is 0.497 e. The van der Waals surface area contributed by atoms with E-state index in [0.717, 1.165) is 0 Å². The van der Waals surface area contributed by atoms with Crippen molar-refractivity contribution in [3.8, 4) is 5.75 Å². The zero-order valence-corrected chi connectivity index (χ0v) is 18.2. The van der Waals surface area contributed by atoms with E-state index in [9.17, 15) is 9.59 Å². The lowest BCUT2D eigenvalue weighted by Crippen LogP contribution is -2.53. The number of alkyl halides is 1. The van der Waals surface area contributed by atoms with E-state index in [0.29, 0.717) is 22.2 Å². The maximum atomic E-state index is 12.7. The summed E-state index contributed by atoms with van der Waals surface area (Å²) in [6, 6.07) is 15.2. The van der Waals surface area contributed by atoms with Crippen LogP contribution >= 0.6 is 15.9 Å². The van der Waals surface area contributed by atoms with Gasteiger partial charge in [-0.3, -0.25) is 0 Å². The van der Waals surface area contributed by atoms with Crippen LogP contribution in [-0.4, -0.2) is 56.1 Å². The summed E-state index contributed by atoms with van der Waals surface area (Å²) in [5.41, 5.74) is 0.764. The zero-order chi connectivity index (χ0) is 21.5. The Bertz CT molecular complexity index is 840. The van der Waals surface area contributed by atoms with Crippen molar-refractivity contribution in [1.82, 2.24) is 0 Å². The Morgan fingerprint density at radius 3 is 2.20 bits per heavy atom. The number of hydrogen-bond acceptors (Lipinski definition) is 7. The molecule has 1 heterocycles. The van der Waals surface area contributed by atoms with Gasteiger partial charge in [-0.1, -0.05) is 34.1 Å². The molecule has 1 saturated heterocycles. The number of hydrogen-bond donors (Lipinski definition) is 0. The SMILES string of the molecule is COc1ccc(C(=O)O[C@H]2C[C@@H](OC)O[C@H](CBr)[C@H]2OC(=O)c2ccccc2)cc1. The molecule has 1 aliphatic rings. The Kier molecular flexibility index (Phi) is 7.84. The standard InChI is InChI=1S/C22H23BrO7/c1-26-16-10-8-15(9-11-16)21(24)29-17-12-19(27-2)28-18(13-23)20(17)30-22(25)14-6-4-3-5-7-14/h3-11,17-20H,12-13H2,1-2H3/t17-,18+,19-,20-/m0/s1. The van der Waals surface area contributed by atoms with E-state index in [1.807, 2.05) is 6.07 Å². The molecule has 3 rings (SSSR count). The van der Waals surface area contributed by atoms with Crippen molar-refractivity contribution in [2.75, 3.05) is 19.5 Å². The predicted molar refractivity (Wildman–Crippen MR) is 112 cm³/mol. The second-order valence-electron chi connectivity index (χ2n) is 6.64. The van der Waals surface area contributed by atoms with Gasteiger partial charge in [0.15, 0.2) is 12.4 Å². The minimum absolute atomic E-state index is 0.231. The fourth-order valence-electron chi connectivity index (χ4n) is 3.13. The van der Waals surface area contributed by atoms with Gasteiger partial charge in [-0.2, -0.15) is 0 Å². The molecule has 0 aromatic heterocycles. The molecule has 0 amide bonds. The number of carbonyl (C=O) groups excluding carboxylic acids is 2. The molecule has 0 radical (unpaired) electrons. The number of benzene rings is 2. The second-order valence-corrected chi connectivity index (χ2v) is 7.29. The number of halogens is 1. The summed E-state index contributed by atoms with van der Waals surface area (Å²) in [4.78, 5) is 25.3. The van der Waals surface area contributed by atoms with Gasteiger partial charge in [0, 0.05) is 18.9 Å². The molecule has 2 aromatic carbocycles. The Hall–Kier alpha value is -2.42. The molecule has 0 unspecified atom stereocenters. The van der Waals surface area contributed by atoms with Gasteiger partial charge < -0.3 is 23.7 Å². The molecule has 0 aliphatic carbocycles. The fourth-order valence-corrected chi connectivity index (χ4v) is 3.65. The Balaban J connectivity index is 1.79. The third-order valence-corrected chi connectivity index (χ3v) is 5.37. The Morgan fingerprint density at radius 2 is 1.60 bits per heavy atom. The third kappa shape index (κ3) is 5.38. The van der Waals surface area contributed by atoms with Gasteiger partial charge in [0.05, 0.1) is 18.2 Å². The van der Waals surface area contributed by atoms with E-state index in [-0.39, 0.29) is 6.42 Å². The summed E-state index contributed by atoms with van der Waals surface area (Å²) in [5, 5.41) is 0.371. The van der Waals surface area contributed by atoms with Crippen LogP contribution in [-0.2, 0) is 18.9 Å². The Morgan fingerprint density at radius 1 is 0.967 bits per heavy atom. The Labute approximate surface area is 183 Å². The van der Waals surface area contributed by atoms with E-state index < -0.39 is 36.5 Å². The van der Waals surface area contributed by atoms with Crippen LogP contribution < -0.4 is 4.74 Å². The van der Waals surface area contributed by atoms with Gasteiger partial charge in [0.25, 0.3) is 0 Å². The van der Waals surface area contributed by atoms with E-state index in [1.54, 1.807) is 55.6 Å². The van der Waals surface area contributed by atoms with Crippen LogP contribution in [0.2, 0.25) is 0 Å². The molecular formula is C22H23BrO7. The van der Waals surface area contributed by atoms with Gasteiger partial charge in [-0.15, -0.1) is 0 Å². The zero-order valence-electron chi connectivity index (χ0n) is 16.7. The van der Waals surface area contributed by atoms with Crippen LogP contribution in [0.15, 0.2) is 54.6 Å². The van der Waals surface area contributed by atoms with E-state index in [1.165, 1.54) is 7.11 Å². The summed E-state index contributed by atoms with van der Waals surface area (Å²) < 4.78 is 27.7. The molecule has 4 atom stereocenters. The monoisotopic (exact) mass is 478 g/mol. The highest BCUT2D eigenvalue weighted by molar-refractivity contribution is 9.09. The van der Waals surface area contributed by atoms with Gasteiger partial charge in [0.2, 0.25) is 0 Å². The van der Waals surface area contributed by atoms with E-state index >= 15 is 0 Å². The molecule has 8 heteroatoms. The first-order valence-electron chi connectivity index (χ1n) is 9.41. The molecule has 0 saturated carbocycles. The summed E-state index contributed by atoms with van der Waals surface area (Å²) in [7, 11) is 3.06. The summed E-state index contributed by atoms with van der Waals surface area (Å²) in [6.45, 7) is 0. The molecule has 7 nitrogen and oxygen atoms in total. The molecular weight excluding hydrogens is 456 g/mol. The molecule has 2 aromatic rings. The first-order chi connectivity index (χ1) is 14.5. The smallest absolute Gasteiger partial charge is 0.338 e. The summed E-state index contributed by atoms with van der Waals surface area (Å²) >= 11 is 3.38. The predicted octanol–water partition coefficient (Wildman–Crippen LogP) is 3.60. The highest BCUT2D eigenvalue weighted by Gasteiger charge is 2.43. The number of rotatable bonds is 7. The lowest BCUT2D eigenvalue weighted by molar-refractivity contribution is -0.235. The molecule has 0 bridgehead atoms. The highest BCUT2D eigenvalue weighted by Crippen LogP contribution is 2.28. The fraction of sp³-hybridized carbons (Fsp3) is 0.364. The van der Waals surface area contributed by atoms with Crippen molar-refractivity contribution >= 4 is 27.9 Å². The van der Waals surface area contributed by atoms with Gasteiger partial charge in [-0.25, -0.2) is 9.59 Å². The molecule has 1 aliphatic heterocycles. The molecule has 0 N–H and O–H groups in total. The van der Waals surface area contributed by atoms with Crippen LogP contribution in [0.1, 0.15) is 27.1 Å². The van der Waals surface area contributed by atoms with Crippen molar-refractivity contribution in [1.29, 1.82) is 0 Å². The number of esters is 2. The molecule has 1 fully saturated rings. The van der Waals surface area contributed by atoms with Crippen LogP contribution in [0.4, 0.5) is 0 Å². The van der Waals surface area contributed by atoms with Crippen LogP contribution in [0.3, 0.4) is 0 Å². The van der Waals surface area contributed by atoms with Crippen LogP contribution in [0, 0.1) is 0 Å². The normalized spacial score (nSPS) is 23.4. The lowest BCUT2D eigenvalue weighted by Gasteiger charge is -2.39. The van der Waals surface area contributed by atoms with Crippen LogP contribution in [0.25, 0.3) is 0 Å². The summed E-state index contributed by atoms with van der Waals surface area (Å²) in [5.74, 6) is -0.420. The molecule has 0 spiro atoms. The average Bonchev–Trinajstić information content (AvgIpc) is 2.80. The maximum Gasteiger partial charge on any atom is 0.338 e. The molecule has 160 valence electrons. The van der Waals surface area contributed by atoms with Crippen molar-refractivity contribution in [3.05, 3.63) is 65.7 Å². The minimum Gasteiger partial charge on any atom is -0.497 e. The van der Waals surface area contributed by atoms with Gasteiger partial charge in [0.1, 0.15) is 18.0 Å². The maximum absolute atomic E-state index is 12.7. The number of ether oxygens (including phenoxy) is 5. The average molecular weight is 479 g/mol. The molecule has 30 heavy (non-hydrogen) atoms. The van der Waals surface area contributed by atoms with Gasteiger partial charge in [-0.05, 0) is 36.4 Å². The summed E-state index contributed by atoms with van der Waals surface area (Å²) in [6.07, 6.45) is -2.45. The van der Waals surface area contributed by atoms with Crippen molar-refractivity contribution in [2.45, 2.75) is 31.0 Å². The van der Waals surface area contributed by atoms with Crippen molar-refractivity contribution in [2.24, 2.45) is 0 Å². The van der Waals surface area contributed by atoms with Crippen LogP contribution in [0.5, 0.6) is 5.75 Å². The van der Waals surface area contributed by atoms with Crippen molar-refractivity contribution in [3.63, 3.8) is 0 Å². The quantitative estimate of drug-likeness (QED) is 0.444. The highest BCUT2D eigenvalue weighted by atomic mass is 79.9. The minimum atomic E-state index is -0.800. The number of carbonyl (C=O) groups is 2. The lowest BCUT2D eigenvalue weighted by atomic mass is 10.0. The first-order valence-corrected chi connectivity index (χ1v) is 10.5. The third-order valence-electron chi connectivity index (χ3n) is 4.74.